The van der Waals surface area contributed by atoms with Gasteiger partial charge >= 0.3 is 6.18 Å². The summed E-state index contributed by atoms with van der Waals surface area (Å²) >= 11 is 17.6. The van der Waals surface area contributed by atoms with Crippen LogP contribution in [-0.4, -0.2) is 25.3 Å². The molecule has 0 saturated heterocycles. The smallest absolute Gasteiger partial charge is 0.416 e. The molecule has 0 aliphatic carbocycles. The molecule has 3 aromatic carbocycles. The SMILES string of the molecule is C=C(O)c1csc(C(C)(C)C)c1N.CC(C)(C)c1sc(C(=O)NCc2ccccc2C(F)(F)F)cc1N.CC(C)(C)c1sc(C(=O)NCc2ccccc2Cl)cc1N.CC(C)(C)c1sc(S(=O)(=O)NCc2ccccc2Cl)cc1N. The van der Waals surface area contributed by atoms with E-state index in [1.807, 2.05) is 77.3 Å². The minimum atomic E-state index is -4.45. The number of hydrogen-bond acceptors (Lipinski definition) is 13. The van der Waals surface area contributed by atoms with Crippen LogP contribution in [0.25, 0.3) is 5.76 Å². The maximum absolute atomic E-state index is 13.0. The minimum Gasteiger partial charge on any atom is -0.508 e. The predicted octanol–water partition coefficient (Wildman–Crippen LogP) is 15.7. The number of nitrogen functional groups attached to an aromatic ring is 4. The van der Waals surface area contributed by atoms with Gasteiger partial charge in [0.15, 0.2) is 0 Å². The van der Waals surface area contributed by atoms with Gasteiger partial charge in [-0.2, -0.15) is 13.2 Å². The molecule has 0 spiro atoms. The maximum Gasteiger partial charge on any atom is 0.416 e. The zero-order valence-corrected chi connectivity index (χ0v) is 52.5. The Bertz CT molecular complexity index is 3390. The summed E-state index contributed by atoms with van der Waals surface area (Å²) in [5, 5.41) is 17.7. The molecule has 0 atom stereocenters. The molecule has 0 saturated carbocycles. The molecular weight excluding hydrogens is 1160 g/mol. The summed E-state index contributed by atoms with van der Waals surface area (Å²) in [6.07, 6.45) is -4.45. The number of sulfonamides is 1. The highest BCUT2D eigenvalue weighted by atomic mass is 35.5. The number of amides is 2. The fraction of sp³-hybridized carbons (Fsp3) is 0.345. The molecule has 2 amide bonds. The van der Waals surface area contributed by atoms with E-state index in [-0.39, 0.29) is 56.2 Å². The summed E-state index contributed by atoms with van der Waals surface area (Å²) in [6, 6.07) is 24.6. The monoisotopic (exact) mass is 1230 g/mol. The van der Waals surface area contributed by atoms with Crippen molar-refractivity contribution in [2.24, 2.45) is 0 Å². The molecule has 12 nitrogen and oxygen atoms in total. The average Bonchev–Trinajstić information content (AvgIpc) is 4.15. The highest BCUT2D eigenvalue weighted by Gasteiger charge is 2.33. The highest BCUT2D eigenvalue weighted by molar-refractivity contribution is 7.91. The first-order valence-electron chi connectivity index (χ1n) is 24.9. The molecule has 0 bridgehead atoms. The normalized spacial score (nSPS) is 12.0. The van der Waals surface area contributed by atoms with Crippen LogP contribution in [0.5, 0.6) is 0 Å². The van der Waals surface area contributed by atoms with Crippen LogP contribution in [0.15, 0.2) is 107 Å². The third kappa shape index (κ3) is 18.7. The second kappa shape index (κ2) is 27.0. The molecule has 0 radical (unpaired) electrons. The lowest BCUT2D eigenvalue weighted by atomic mass is 9.93. The van der Waals surface area contributed by atoms with Crippen LogP contribution in [0.4, 0.5) is 35.9 Å². The van der Waals surface area contributed by atoms with Crippen LogP contribution in [0.1, 0.15) is 150 Å². The van der Waals surface area contributed by atoms with Gasteiger partial charge in [0.05, 0.1) is 21.0 Å². The highest BCUT2D eigenvalue weighted by Crippen LogP contribution is 2.40. The fourth-order valence-electron chi connectivity index (χ4n) is 7.48. The number of nitrogens with two attached hydrogens (primary N) is 4. The van der Waals surface area contributed by atoms with Gasteiger partial charge in [0.1, 0.15) is 9.97 Å². The molecule has 0 aliphatic heterocycles. The number of anilines is 4. The Kier molecular flexibility index (Phi) is 22.6. The number of thiophene rings is 4. The van der Waals surface area contributed by atoms with Crippen molar-refractivity contribution in [2.75, 3.05) is 22.9 Å². The number of nitrogens with one attached hydrogen (secondary N) is 3. The topological polar surface area (TPSA) is 229 Å². The van der Waals surface area contributed by atoms with Gasteiger partial charge in [0.2, 0.25) is 10.0 Å². The molecule has 80 heavy (non-hydrogen) atoms. The first-order chi connectivity index (χ1) is 36.7. The zero-order chi connectivity index (χ0) is 60.5. The molecule has 22 heteroatoms. The lowest BCUT2D eigenvalue weighted by Crippen LogP contribution is -2.23. The number of aliphatic hydroxyl groups is 1. The summed E-state index contributed by atoms with van der Waals surface area (Å²) in [5.74, 6) is -0.509. The predicted molar refractivity (Wildman–Crippen MR) is 332 cm³/mol. The van der Waals surface area contributed by atoms with Crippen molar-refractivity contribution < 1.29 is 36.3 Å². The molecule has 12 N–H and O–H groups in total. The molecule has 7 aromatic rings. The molecule has 4 aromatic heterocycles. The van der Waals surface area contributed by atoms with Gasteiger partial charge in [0, 0.05) is 77.2 Å². The van der Waals surface area contributed by atoms with Crippen LogP contribution in [0.2, 0.25) is 10.0 Å². The number of halogens is 5. The number of carbonyl (C=O) groups is 2. The molecule has 4 heterocycles. The van der Waals surface area contributed by atoms with E-state index >= 15 is 0 Å². The Hall–Kier alpha value is -5.58. The lowest BCUT2D eigenvalue weighted by molar-refractivity contribution is -0.138. The van der Waals surface area contributed by atoms with Gasteiger partial charge in [-0.15, -0.1) is 45.3 Å². The van der Waals surface area contributed by atoms with Crippen molar-refractivity contribution in [1.82, 2.24) is 15.4 Å². The van der Waals surface area contributed by atoms with E-state index in [0.29, 0.717) is 54.7 Å². The van der Waals surface area contributed by atoms with Crippen molar-refractivity contribution >= 4 is 119 Å². The molecule has 0 fully saturated rings. The van der Waals surface area contributed by atoms with Crippen molar-refractivity contribution in [1.29, 1.82) is 0 Å². The van der Waals surface area contributed by atoms with Crippen molar-refractivity contribution in [3.05, 3.63) is 170 Å². The minimum absolute atomic E-state index is 0.0268. The van der Waals surface area contributed by atoms with Gasteiger partial charge in [0.25, 0.3) is 11.8 Å². The Morgan fingerprint density at radius 3 is 1.31 bits per heavy atom. The largest absolute Gasteiger partial charge is 0.508 e. The summed E-state index contributed by atoms with van der Waals surface area (Å²) < 4.78 is 66.5. The van der Waals surface area contributed by atoms with E-state index in [1.54, 1.807) is 41.7 Å². The first-order valence-corrected chi connectivity index (χ1v) is 30.4. The summed E-state index contributed by atoms with van der Waals surface area (Å²) in [5.41, 5.74) is 27.3. The molecular formula is C58H72Cl2F3N7O5S5. The van der Waals surface area contributed by atoms with Gasteiger partial charge < -0.3 is 38.7 Å². The fourth-order valence-corrected chi connectivity index (χ4v) is 13.6. The van der Waals surface area contributed by atoms with Crippen LogP contribution >= 0.6 is 68.5 Å². The van der Waals surface area contributed by atoms with Gasteiger partial charge in [-0.25, -0.2) is 13.1 Å². The van der Waals surface area contributed by atoms with E-state index in [2.05, 4.69) is 63.5 Å². The Morgan fingerprint density at radius 2 is 0.950 bits per heavy atom. The standard InChI is InChI=1S/C17H19F3N2OS.C16H19ClN2OS.C15H19ClN2O2S2.C10H15NOS/c1-16(2,3)14-12(21)8-13(24-14)15(23)22-9-10-6-4-5-7-11(10)17(18,19)20;1-16(2,3)14-12(18)8-13(21-14)15(20)19-9-10-6-4-5-7-11(10)17;1-15(2,3)14-12(17)8-13(21-14)22(19,20)18-9-10-6-4-5-7-11(10)16;1-6(12)7-5-13-9(8(7)11)10(2,3)4/h4-8H,9,21H2,1-3H3,(H,22,23);4-8H,9,18H2,1-3H3,(H,19,20);4-8,18H,9,17H2,1-3H3;5,12H,1,11H2,2-4H3. The van der Waals surface area contributed by atoms with Crippen LogP contribution < -0.4 is 38.3 Å². The third-order valence-electron chi connectivity index (χ3n) is 11.4. The number of benzene rings is 3. The second-order valence-electron chi connectivity index (χ2n) is 22.5. The Morgan fingerprint density at radius 1 is 0.575 bits per heavy atom. The van der Waals surface area contributed by atoms with E-state index in [0.717, 1.165) is 36.7 Å². The van der Waals surface area contributed by atoms with E-state index in [9.17, 15) is 36.3 Å². The van der Waals surface area contributed by atoms with Crippen LogP contribution in [0, 0.1) is 0 Å². The van der Waals surface area contributed by atoms with E-state index in [1.165, 1.54) is 58.3 Å². The van der Waals surface area contributed by atoms with Crippen molar-refractivity contribution in [3.8, 4) is 0 Å². The van der Waals surface area contributed by atoms with Gasteiger partial charge in [-0.05, 0) is 74.7 Å². The molecule has 434 valence electrons. The average molecular weight is 1240 g/mol. The molecule has 0 unspecified atom stereocenters. The summed E-state index contributed by atoms with van der Waals surface area (Å²) in [7, 11) is -3.61. The quantitative estimate of drug-likeness (QED) is 0.0575. The number of hydrogen-bond donors (Lipinski definition) is 8. The van der Waals surface area contributed by atoms with Crippen LogP contribution in [-0.2, 0) is 57.5 Å². The number of rotatable bonds is 11. The van der Waals surface area contributed by atoms with Crippen LogP contribution in [0.3, 0.4) is 0 Å². The number of carbonyl (C=O) groups excluding carboxylic acids is 2. The Labute approximate surface area is 494 Å². The van der Waals surface area contributed by atoms with E-state index in [4.69, 9.17) is 46.1 Å². The van der Waals surface area contributed by atoms with Gasteiger partial charge in [-0.1, -0.05) is 167 Å². The van der Waals surface area contributed by atoms with E-state index < -0.39 is 27.7 Å². The van der Waals surface area contributed by atoms with Gasteiger partial charge in [-0.3, -0.25) is 9.59 Å². The lowest BCUT2D eigenvalue weighted by Gasteiger charge is -2.17. The summed E-state index contributed by atoms with van der Waals surface area (Å²) in [4.78, 5) is 29.3. The van der Waals surface area contributed by atoms with Crippen molar-refractivity contribution in [2.45, 2.75) is 135 Å². The zero-order valence-electron chi connectivity index (χ0n) is 46.9. The van der Waals surface area contributed by atoms with Crippen molar-refractivity contribution in [3.63, 3.8) is 0 Å². The first kappa shape index (κ1) is 66.9. The number of alkyl halides is 3. The second-order valence-corrected chi connectivity index (χ2v) is 29.4. The molecule has 0 aliphatic rings. The summed E-state index contributed by atoms with van der Waals surface area (Å²) in [6.45, 7) is 28.3. The third-order valence-corrected chi connectivity index (χ3v) is 20.2. The number of aliphatic hydroxyl groups excluding tert-OH is 1. The Balaban J connectivity index is 0.000000234. The maximum atomic E-state index is 13.0. The molecule has 7 rings (SSSR count).